The molecule has 3 aliphatic rings. The predicted octanol–water partition coefficient (Wildman–Crippen LogP) is 1.98. The average molecular weight is 343 g/mol. The lowest BCUT2D eigenvalue weighted by Crippen LogP contribution is -2.64. The van der Waals surface area contributed by atoms with Crippen molar-refractivity contribution in [3.05, 3.63) is 35.9 Å². The van der Waals surface area contributed by atoms with Crippen molar-refractivity contribution in [1.82, 2.24) is 15.1 Å². The maximum Gasteiger partial charge on any atom is 0.249 e. The number of nitrogens with zero attached hydrogens (tertiary/aromatic N) is 2. The summed E-state index contributed by atoms with van der Waals surface area (Å²) in [5.41, 5.74) is 1.19. The van der Waals surface area contributed by atoms with E-state index in [9.17, 15) is 4.79 Å². The fourth-order valence-corrected chi connectivity index (χ4v) is 4.80. The fourth-order valence-electron chi connectivity index (χ4n) is 4.80. The maximum atomic E-state index is 12.8. The third-order valence-corrected chi connectivity index (χ3v) is 6.00. The van der Waals surface area contributed by atoms with Crippen molar-refractivity contribution in [3.63, 3.8) is 0 Å². The molecule has 1 aromatic carbocycles. The van der Waals surface area contributed by atoms with Crippen LogP contribution in [0.4, 0.5) is 0 Å². The number of benzene rings is 1. The summed E-state index contributed by atoms with van der Waals surface area (Å²) in [7, 11) is 0. The van der Waals surface area contributed by atoms with Gasteiger partial charge in [0.05, 0.1) is 6.73 Å². The molecule has 3 atom stereocenters. The fraction of sp³-hybridized carbons (Fsp3) is 0.650. The Morgan fingerprint density at radius 3 is 2.60 bits per heavy atom. The van der Waals surface area contributed by atoms with Crippen LogP contribution in [0.1, 0.15) is 37.7 Å². The standard InChI is InChI=1S/C20H29N3O2/c24-19-14-25-15-21-20-17(22-11-4-5-12-22)9-6-10-18(20)23(19)13-16-7-2-1-3-8-16/h1-3,7-8,17-18,20-21H,4-6,9-15H2. The Balaban J connectivity index is 1.58. The van der Waals surface area contributed by atoms with Crippen LogP contribution >= 0.6 is 0 Å². The zero-order valence-corrected chi connectivity index (χ0v) is 14.9. The molecule has 1 aromatic rings. The molecular weight excluding hydrogens is 314 g/mol. The first-order valence-corrected chi connectivity index (χ1v) is 9.71. The summed E-state index contributed by atoms with van der Waals surface area (Å²) in [6, 6.07) is 11.4. The Morgan fingerprint density at radius 2 is 1.80 bits per heavy atom. The zero-order chi connectivity index (χ0) is 17.1. The van der Waals surface area contributed by atoms with Crippen molar-refractivity contribution < 1.29 is 9.53 Å². The van der Waals surface area contributed by atoms with E-state index in [2.05, 4.69) is 27.2 Å². The van der Waals surface area contributed by atoms with Crippen LogP contribution < -0.4 is 5.32 Å². The van der Waals surface area contributed by atoms with Gasteiger partial charge in [0.25, 0.3) is 0 Å². The lowest BCUT2D eigenvalue weighted by Gasteiger charge is -2.48. The minimum Gasteiger partial charge on any atom is -0.356 e. The van der Waals surface area contributed by atoms with Gasteiger partial charge in [-0.25, -0.2) is 0 Å². The second-order valence-corrected chi connectivity index (χ2v) is 7.54. The number of carbonyl (C=O) groups is 1. The number of likely N-dealkylation sites (tertiary alicyclic amines) is 1. The van der Waals surface area contributed by atoms with E-state index in [0.717, 1.165) is 6.42 Å². The number of nitrogens with one attached hydrogen (secondary N) is 1. The molecule has 25 heavy (non-hydrogen) atoms. The summed E-state index contributed by atoms with van der Waals surface area (Å²) >= 11 is 0. The Bertz CT molecular complexity index is 574. The SMILES string of the molecule is O=C1COCNC2C(N3CCCC3)CCCC2N1Cc1ccccc1. The highest BCUT2D eigenvalue weighted by Crippen LogP contribution is 2.31. The lowest BCUT2D eigenvalue weighted by molar-refractivity contribution is -0.145. The topological polar surface area (TPSA) is 44.8 Å². The molecule has 1 saturated carbocycles. The Kier molecular flexibility index (Phi) is 5.34. The predicted molar refractivity (Wildman–Crippen MR) is 97.0 cm³/mol. The first-order valence-electron chi connectivity index (χ1n) is 9.71. The highest BCUT2D eigenvalue weighted by Gasteiger charge is 2.42. The Hall–Kier alpha value is -1.43. The van der Waals surface area contributed by atoms with Crippen molar-refractivity contribution in [2.45, 2.75) is 56.8 Å². The van der Waals surface area contributed by atoms with E-state index in [1.165, 1.54) is 44.3 Å². The molecule has 2 aliphatic heterocycles. The molecule has 4 rings (SSSR count). The van der Waals surface area contributed by atoms with Gasteiger partial charge in [-0.3, -0.25) is 15.0 Å². The number of ether oxygens (including phenoxy) is 1. The van der Waals surface area contributed by atoms with Crippen molar-refractivity contribution in [1.29, 1.82) is 0 Å². The average Bonchev–Trinajstić information content (AvgIpc) is 3.17. The van der Waals surface area contributed by atoms with Gasteiger partial charge in [0.15, 0.2) is 0 Å². The molecule has 3 fully saturated rings. The Morgan fingerprint density at radius 1 is 1.04 bits per heavy atom. The maximum absolute atomic E-state index is 12.8. The number of rotatable bonds is 3. The second-order valence-electron chi connectivity index (χ2n) is 7.54. The van der Waals surface area contributed by atoms with Crippen LogP contribution in [-0.2, 0) is 16.1 Å². The first kappa shape index (κ1) is 17.0. The molecule has 0 bridgehead atoms. The van der Waals surface area contributed by atoms with Crippen molar-refractivity contribution in [2.75, 3.05) is 26.4 Å². The molecule has 1 N–H and O–H groups in total. The van der Waals surface area contributed by atoms with Gasteiger partial charge in [-0.1, -0.05) is 30.3 Å². The highest BCUT2D eigenvalue weighted by molar-refractivity contribution is 5.78. The zero-order valence-electron chi connectivity index (χ0n) is 14.9. The molecule has 0 aromatic heterocycles. The minimum absolute atomic E-state index is 0.127. The summed E-state index contributed by atoms with van der Waals surface area (Å²) in [6.07, 6.45) is 6.11. The largest absolute Gasteiger partial charge is 0.356 e. The molecular formula is C20H29N3O2. The quantitative estimate of drug-likeness (QED) is 0.911. The van der Waals surface area contributed by atoms with E-state index >= 15 is 0 Å². The van der Waals surface area contributed by atoms with Crippen molar-refractivity contribution >= 4 is 5.91 Å². The van der Waals surface area contributed by atoms with Gasteiger partial charge in [-0.2, -0.15) is 0 Å². The number of hydrogen-bond acceptors (Lipinski definition) is 4. The molecule has 0 spiro atoms. The smallest absolute Gasteiger partial charge is 0.249 e. The van der Waals surface area contributed by atoms with E-state index in [4.69, 9.17) is 4.74 Å². The minimum atomic E-state index is 0.127. The van der Waals surface area contributed by atoms with E-state index in [-0.39, 0.29) is 18.6 Å². The third kappa shape index (κ3) is 3.73. The van der Waals surface area contributed by atoms with Crippen molar-refractivity contribution in [2.24, 2.45) is 0 Å². The van der Waals surface area contributed by atoms with Gasteiger partial charge in [-0.05, 0) is 50.8 Å². The van der Waals surface area contributed by atoms with E-state index in [1.807, 2.05) is 18.2 Å². The lowest BCUT2D eigenvalue weighted by atomic mass is 9.83. The summed E-state index contributed by atoms with van der Waals surface area (Å²) < 4.78 is 5.59. The molecule has 2 heterocycles. The number of carbonyl (C=O) groups excluding carboxylic acids is 1. The van der Waals surface area contributed by atoms with E-state index < -0.39 is 0 Å². The molecule has 1 amide bonds. The third-order valence-electron chi connectivity index (χ3n) is 6.00. The molecule has 136 valence electrons. The van der Waals surface area contributed by atoms with Crippen LogP contribution in [0.25, 0.3) is 0 Å². The summed E-state index contributed by atoms with van der Waals surface area (Å²) in [6.45, 7) is 3.73. The van der Waals surface area contributed by atoms with Gasteiger partial charge < -0.3 is 9.64 Å². The number of amides is 1. The molecule has 5 heteroatoms. The summed E-state index contributed by atoms with van der Waals surface area (Å²) in [5.74, 6) is 0.127. The van der Waals surface area contributed by atoms with Crippen molar-refractivity contribution in [3.8, 4) is 0 Å². The van der Waals surface area contributed by atoms with Gasteiger partial charge in [-0.15, -0.1) is 0 Å². The van der Waals surface area contributed by atoms with Gasteiger partial charge >= 0.3 is 0 Å². The summed E-state index contributed by atoms with van der Waals surface area (Å²) in [5, 5.41) is 3.63. The summed E-state index contributed by atoms with van der Waals surface area (Å²) in [4.78, 5) is 17.5. The first-order chi connectivity index (χ1) is 12.3. The van der Waals surface area contributed by atoms with Crippen LogP contribution in [0, 0.1) is 0 Å². The number of hydrogen-bond donors (Lipinski definition) is 1. The molecule has 0 radical (unpaired) electrons. The normalized spacial score (nSPS) is 31.4. The molecule has 2 saturated heterocycles. The van der Waals surface area contributed by atoms with Gasteiger partial charge in [0, 0.05) is 24.7 Å². The van der Waals surface area contributed by atoms with Crippen LogP contribution in [0.3, 0.4) is 0 Å². The monoisotopic (exact) mass is 343 g/mol. The van der Waals surface area contributed by atoms with Gasteiger partial charge in [0.2, 0.25) is 5.91 Å². The van der Waals surface area contributed by atoms with Crippen LogP contribution in [-0.4, -0.2) is 60.3 Å². The van der Waals surface area contributed by atoms with E-state index in [0.29, 0.717) is 25.4 Å². The highest BCUT2D eigenvalue weighted by atomic mass is 16.5. The molecule has 5 nitrogen and oxygen atoms in total. The molecule has 3 unspecified atom stereocenters. The van der Waals surface area contributed by atoms with Gasteiger partial charge in [0.1, 0.15) is 6.61 Å². The van der Waals surface area contributed by atoms with Crippen LogP contribution in [0.5, 0.6) is 0 Å². The van der Waals surface area contributed by atoms with Crippen LogP contribution in [0.2, 0.25) is 0 Å². The second kappa shape index (κ2) is 7.85. The van der Waals surface area contributed by atoms with Crippen LogP contribution in [0.15, 0.2) is 30.3 Å². The Labute approximate surface area is 150 Å². The molecule has 1 aliphatic carbocycles. The number of fused-ring (bicyclic) bond motifs is 1. The van der Waals surface area contributed by atoms with E-state index in [1.54, 1.807) is 0 Å².